The minimum atomic E-state index is -0.261. The van der Waals surface area contributed by atoms with E-state index in [1.165, 1.54) is 0 Å². The number of rotatable bonds is 3. The number of halogens is 1. The second-order valence-corrected chi connectivity index (χ2v) is 6.50. The van der Waals surface area contributed by atoms with Gasteiger partial charge in [-0.3, -0.25) is 4.79 Å². The van der Waals surface area contributed by atoms with Crippen molar-refractivity contribution < 1.29 is 4.79 Å². The minimum Gasteiger partial charge on any atom is -0.370 e. The van der Waals surface area contributed by atoms with Crippen LogP contribution in [0.1, 0.15) is 20.8 Å². The summed E-state index contributed by atoms with van der Waals surface area (Å²) in [4.78, 5) is 28.5. The number of guanidine groups is 1. The van der Waals surface area contributed by atoms with E-state index in [2.05, 4.69) is 25.2 Å². The molecule has 24 heavy (non-hydrogen) atoms. The molecule has 0 atom stereocenters. The molecule has 2 heterocycles. The van der Waals surface area contributed by atoms with Gasteiger partial charge in [-0.2, -0.15) is 0 Å². The smallest absolute Gasteiger partial charge is 0.242 e. The first-order chi connectivity index (χ1) is 10.8. The van der Waals surface area contributed by atoms with Crippen molar-refractivity contribution in [1.29, 1.82) is 0 Å². The van der Waals surface area contributed by atoms with Crippen molar-refractivity contribution in [2.75, 3.05) is 37.6 Å². The summed E-state index contributed by atoms with van der Waals surface area (Å²) in [5, 5.41) is 2.86. The zero-order chi connectivity index (χ0) is 16.9. The maximum Gasteiger partial charge on any atom is 0.242 e. The molecule has 1 amide bonds. The van der Waals surface area contributed by atoms with Crippen LogP contribution in [0.2, 0.25) is 0 Å². The highest BCUT2D eigenvalue weighted by Gasteiger charge is 2.20. The molecule has 9 heteroatoms. The Labute approximate surface area is 159 Å². The Balaban J connectivity index is 0.00000288. The Kier molecular flexibility index (Phi) is 7.64. The van der Waals surface area contributed by atoms with Gasteiger partial charge in [-0.1, -0.05) is 0 Å². The summed E-state index contributed by atoms with van der Waals surface area (Å²) in [7, 11) is 0. The largest absolute Gasteiger partial charge is 0.370 e. The predicted octanol–water partition coefficient (Wildman–Crippen LogP) is 0.446. The van der Waals surface area contributed by atoms with Crippen LogP contribution >= 0.6 is 24.0 Å². The highest BCUT2D eigenvalue weighted by molar-refractivity contribution is 14.0. The van der Waals surface area contributed by atoms with Gasteiger partial charge in [0.05, 0.1) is 0 Å². The van der Waals surface area contributed by atoms with Crippen molar-refractivity contribution in [2.24, 2.45) is 10.7 Å². The van der Waals surface area contributed by atoms with E-state index >= 15 is 0 Å². The van der Waals surface area contributed by atoms with Crippen LogP contribution in [0.4, 0.5) is 5.95 Å². The molecule has 3 N–H and O–H groups in total. The van der Waals surface area contributed by atoms with Gasteiger partial charge in [0.15, 0.2) is 5.96 Å². The molecule has 1 saturated heterocycles. The molecule has 134 valence electrons. The summed E-state index contributed by atoms with van der Waals surface area (Å²) in [6.07, 6.45) is 3.47. The van der Waals surface area contributed by atoms with E-state index in [0.717, 1.165) is 32.1 Å². The van der Waals surface area contributed by atoms with Gasteiger partial charge in [-0.15, -0.1) is 24.0 Å². The predicted molar refractivity (Wildman–Crippen MR) is 106 cm³/mol. The monoisotopic (exact) mass is 447 g/mol. The molecule has 1 aliphatic heterocycles. The molecular formula is C15H26IN7O. The van der Waals surface area contributed by atoms with Crippen LogP contribution in [0.25, 0.3) is 0 Å². The summed E-state index contributed by atoms with van der Waals surface area (Å²) in [6, 6.07) is 1.80. The van der Waals surface area contributed by atoms with E-state index in [0.29, 0.717) is 5.96 Å². The van der Waals surface area contributed by atoms with Crippen molar-refractivity contribution in [2.45, 2.75) is 26.3 Å². The summed E-state index contributed by atoms with van der Waals surface area (Å²) < 4.78 is 0. The van der Waals surface area contributed by atoms with Crippen LogP contribution < -0.4 is 16.0 Å². The molecule has 0 aromatic carbocycles. The van der Waals surface area contributed by atoms with Gasteiger partial charge in [-0.05, 0) is 26.8 Å². The van der Waals surface area contributed by atoms with Gasteiger partial charge >= 0.3 is 0 Å². The van der Waals surface area contributed by atoms with Gasteiger partial charge < -0.3 is 20.9 Å². The Hall–Kier alpha value is -1.65. The first-order valence-corrected chi connectivity index (χ1v) is 7.73. The maximum atomic E-state index is 11.8. The maximum absolute atomic E-state index is 11.8. The second kappa shape index (κ2) is 9.00. The number of hydrogen-bond acceptors (Lipinski definition) is 5. The number of amides is 1. The van der Waals surface area contributed by atoms with Crippen molar-refractivity contribution in [1.82, 2.24) is 20.2 Å². The Bertz CT molecular complexity index is 551. The third-order valence-corrected chi connectivity index (χ3v) is 3.34. The normalized spacial score (nSPS) is 15.7. The third kappa shape index (κ3) is 6.46. The molecule has 0 radical (unpaired) electrons. The van der Waals surface area contributed by atoms with Gasteiger partial charge in [0.25, 0.3) is 0 Å². The fourth-order valence-electron chi connectivity index (χ4n) is 2.30. The van der Waals surface area contributed by atoms with Crippen LogP contribution in [0.15, 0.2) is 23.5 Å². The Morgan fingerprint density at radius 2 is 1.83 bits per heavy atom. The van der Waals surface area contributed by atoms with Crippen molar-refractivity contribution >= 4 is 41.8 Å². The standard InChI is InChI=1S/C15H25N7O.HI/c1-15(2,3)20-12(23)11-19-13(16)21-7-9-22(10-8-21)14-17-5-4-6-18-14;/h4-6H,7-11H2,1-3H3,(H2,16,19)(H,20,23);1H. The van der Waals surface area contributed by atoms with Crippen LogP contribution in [-0.2, 0) is 4.79 Å². The van der Waals surface area contributed by atoms with Crippen LogP contribution in [0.3, 0.4) is 0 Å². The van der Waals surface area contributed by atoms with Crippen LogP contribution in [-0.4, -0.2) is 65.0 Å². The van der Waals surface area contributed by atoms with E-state index < -0.39 is 0 Å². The highest BCUT2D eigenvalue weighted by atomic mass is 127. The molecule has 0 aliphatic carbocycles. The molecule has 0 unspecified atom stereocenters. The lowest BCUT2D eigenvalue weighted by Gasteiger charge is -2.35. The summed E-state index contributed by atoms with van der Waals surface area (Å²) >= 11 is 0. The number of nitrogens with one attached hydrogen (secondary N) is 1. The van der Waals surface area contributed by atoms with Gasteiger partial charge in [0, 0.05) is 44.1 Å². The number of carbonyl (C=O) groups is 1. The van der Waals surface area contributed by atoms with Crippen molar-refractivity contribution in [3.8, 4) is 0 Å². The number of hydrogen-bond donors (Lipinski definition) is 2. The lowest BCUT2D eigenvalue weighted by molar-refractivity contribution is -0.121. The van der Waals surface area contributed by atoms with Crippen LogP contribution in [0.5, 0.6) is 0 Å². The van der Waals surface area contributed by atoms with Crippen LogP contribution in [0, 0.1) is 0 Å². The molecule has 2 rings (SSSR count). The topological polar surface area (TPSA) is 99.7 Å². The number of aromatic nitrogens is 2. The number of nitrogens with two attached hydrogens (primary N) is 1. The van der Waals surface area contributed by atoms with Gasteiger partial charge in [-0.25, -0.2) is 15.0 Å². The zero-order valence-electron chi connectivity index (χ0n) is 14.4. The molecule has 0 bridgehead atoms. The Morgan fingerprint density at radius 1 is 1.25 bits per heavy atom. The molecule has 0 saturated carbocycles. The van der Waals surface area contributed by atoms with Crippen molar-refractivity contribution in [3.05, 3.63) is 18.5 Å². The quantitative estimate of drug-likeness (QED) is 0.397. The van der Waals surface area contributed by atoms with Gasteiger partial charge in [0.1, 0.15) is 6.54 Å². The number of piperazine rings is 1. The molecule has 1 aromatic heterocycles. The Morgan fingerprint density at radius 3 is 2.38 bits per heavy atom. The molecule has 1 aliphatic rings. The molecule has 8 nitrogen and oxygen atoms in total. The number of carbonyl (C=O) groups excluding carboxylic acids is 1. The number of anilines is 1. The molecule has 1 aromatic rings. The lowest BCUT2D eigenvalue weighted by atomic mass is 10.1. The average molecular weight is 447 g/mol. The fraction of sp³-hybridized carbons (Fsp3) is 0.600. The summed E-state index contributed by atoms with van der Waals surface area (Å²) in [5.74, 6) is 1.01. The molecule has 1 fully saturated rings. The van der Waals surface area contributed by atoms with E-state index in [-0.39, 0.29) is 42.0 Å². The minimum absolute atomic E-state index is 0. The average Bonchev–Trinajstić information content (AvgIpc) is 2.52. The number of nitrogens with zero attached hydrogens (tertiary/aromatic N) is 5. The molecule has 0 spiro atoms. The lowest BCUT2D eigenvalue weighted by Crippen LogP contribution is -2.52. The highest BCUT2D eigenvalue weighted by Crippen LogP contribution is 2.09. The van der Waals surface area contributed by atoms with E-state index in [1.807, 2.05) is 25.7 Å². The van der Waals surface area contributed by atoms with E-state index in [1.54, 1.807) is 18.5 Å². The van der Waals surface area contributed by atoms with E-state index in [9.17, 15) is 4.79 Å². The summed E-state index contributed by atoms with van der Waals surface area (Å²) in [5.41, 5.74) is 5.73. The zero-order valence-corrected chi connectivity index (χ0v) is 16.7. The van der Waals surface area contributed by atoms with Crippen molar-refractivity contribution in [3.63, 3.8) is 0 Å². The SMILES string of the molecule is CC(C)(C)NC(=O)CN=C(N)N1CCN(c2ncccn2)CC1.I. The van der Waals surface area contributed by atoms with Gasteiger partial charge in [0.2, 0.25) is 11.9 Å². The third-order valence-electron chi connectivity index (χ3n) is 3.34. The first-order valence-electron chi connectivity index (χ1n) is 7.73. The summed E-state index contributed by atoms with van der Waals surface area (Å²) in [6.45, 7) is 8.85. The second-order valence-electron chi connectivity index (χ2n) is 6.50. The molecular weight excluding hydrogens is 421 g/mol. The number of aliphatic imine (C=N–C) groups is 1. The van der Waals surface area contributed by atoms with E-state index in [4.69, 9.17) is 5.73 Å². The first kappa shape index (κ1) is 20.4. The fourth-order valence-corrected chi connectivity index (χ4v) is 2.30.